The second-order valence-electron chi connectivity index (χ2n) is 14.5. The van der Waals surface area contributed by atoms with Gasteiger partial charge in [-0.05, 0) is 121 Å². The Balaban J connectivity index is 1.34. The minimum absolute atomic E-state index is 0.0554. The lowest BCUT2D eigenvalue weighted by molar-refractivity contribution is -0.148. The second-order valence-corrected chi connectivity index (χ2v) is 15.6. The fourth-order valence-corrected chi connectivity index (χ4v) is 10.4. The van der Waals surface area contributed by atoms with Crippen LogP contribution < -0.4 is 14.8 Å². The van der Waals surface area contributed by atoms with Crippen molar-refractivity contribution < 1.29 is 34.1 Å². The van der Waals surface area contributed by atoms with Crippen LogP contribution in [0.4, 0.5) is 0 Å². The number of aliphatic hydroxyl groups excluding tert-OH is 2. The molecule has 9 nitrogen and oxygen atoms in total. The van der Waals surface area contributed by atoms with Crippen LogP contribution in [0.2, 0.25) is 0 Å². The van der Waals surface area contributed by atoms with Crippen LogP contribution in [-0.4, -0.2) is 78.3 Å². The second kappa shape index (κ2) is 13.9. The Labute approximate surface area is 279 Å². The monoisotopic (exact) mass is 734 g/mol. The van der Waals surface area contributed by atoms with Crippen molar-refractivity contribution in [2.24, 2.45) is 29.1 Å². The van der Waals surface area contributed by atoms with Gasteiger partial charge in [0.05, 0.1) is 23.3 Å². The summed E-state index contributed by atoms with van der Waals surface area (Å²) in [5, 5.41) is 24.2. The third-order valence-corrected chi connectivity index (χ3v) is 12.0. The number of halogens is 1. The maximum Gasteiger partial charge on any atom is 0.247 e. The molecule has 45 heavy (non-hydrogen) atoms. The number of nitrogens with one attached hydrogen (secondary N) is 1. The molecule has 1 aromatic rings. The summed E-state index contributed by atoms with van der Waals surface area (Å²) in [5.74, 6) is 2.96. The molecule has 0 heterocycles. The molecule has 0 radical (unpaired) electrons. The first-order valence-corrected chi connectivity index (χ1v) is 17.9. The van der Waals surface area contributed by atoms with E-state index in [0.29, 0.717) is 45.1 Å². The van der Waals surface area contributed by atoms with Gasteiger partial charge in [-0.1, -0.05) is 12.8 Å². The third-order valence-electron chi connectivity index (χ3n) is 11.2. The number of nitrogens with zero attached hydrogens (tertiary/aromatic N) is 1. The summed E-state index contributed by atoms with van der Waals surface area (Å²) in [6.45, 7) is 0.518. The Morgan fingerprint density at radius 1 is 1.11 bits per heavy atom. The van der Waals surface area contributed by atoms with Gasteiger partial charge in [-0.3, -0.25) is 14.4 Å². The van der Waals surface area contributed by atoms with Crippen molar-refractivity contribution in [2.45, 2.75) is 95.3 Å². The van der Waals surface area contributed by atoms with Crippen LogP contribution >= 0.6 is 22.6 Å². The third kappa shape index (κ3) is 7.07. The largest absolute Gasteiger partial charge is 0.493 e. The highest BCUT2D eigenvalue weighted by molar-refractivity contribution is 14.1. The molecular weight excluding hydrogens is 687 g/mol. The van der Waals surface area contributed by atoms with Crippen LogP contribution in [0.25, 0.3) is 0 Å². The summed E-state index contributed by atoms with van der Waals surface area (Å²) >= 11 is 2.08. The number of hydrogen-bond donors (Lipinski definition) is 3. The molecule has 7 rings (SSSR count). The van der Waals surface area contributed by atoms with E-state index < -0.39 is 18.2 Å². The Hall–Kier alpha value is -2.18. The van der Waals surface area contributed by atoms with E-state index in [9.17, 15) is 24.6 Å². The summed E-state index contributed by atoms with van der Waals surface area (Å²) < 4.78 is 12.6. The summed E-state index contributed by atoms with van der Waals surface area (Å²) in [4.78, 5) is 41.2. The van der Waals surface area contributed by atoms with Crippen LogP contribution in [0.3, 0.4) is 0 Å². The fraction of sp³-hybridized carbons (Fsp3) is 0.686. The van der Waals surface area contributed by atoms with E-state index in [2.05, 4.69) is 27.9 Å². The van der Waals surface area contributed by atoms with Gasteiger partial charge in [0.1, 0.15) is 18.5 Å². The van der Waals surface area contributed by atoms with Crippen LogP contribution in [-0.2, 0) is 9.59 Å². The first-order valence-electron chi connectivity index (χ1n) is 16.8. The van der Waals surface area contributed by atoms with E-state index in [4.69, 9.17) is 9.47 Å². The molecule has 0 unspecified atom stereocenters. The van der Waals surface area contributed by atoms with Crippen molar-refractivity contribution in [3.8, 4) is 11.5 Å². The van der Waals surface area contributed by atoms with Crippen molar-refractivity contribution in [1.82, 2.24) is 10.2 Å². The molecule has 0 saturated heterocycles. The summed E-state index contributed by atoms with van der Waals surface area (Å²) in [6.07, 6.45) is 12.7. The molecule has 6 aliphatic rings. The first-order chi connectivity index (χ1) is 21.7. The van der Waals surface area contributed by atoms with E-state index in [0.717, 1.165) is 69.0 Å². The van der Waals surface area contributed by atoms with E-state index in [-0.39, 0.29) is 36.8 Å². The van der Waals surface area contributed by atoms with Crippen LogP contribution in [0, 0.1) is 32.7 Å². The van der Waals surface area contributed by atoms with Gasteiger partial charge in [0, 0.05) is 37.1 Å². The SMILES string of the molecule is COc1cc(C=O)cc(I)c1O[C@H]1C=C(C(=O)NCCO)C[C@@H](N(CC23CC4CC(CC(C4)C2)C3)C(=O)CC2CCCC2)[C@@H]1O. The lowest BCUT2D eigenvalue weighted by Gasteiger charge is -2.58. The van der Waals surface area contributed by atoms with Crippen LogP contribution in [0.1, 0.15) is 87.4 Å². The van der Waals surface area contributed by atoms with Crippen LogP contribution in [0.5, 0.6) is 11.5 Å². The number of rotatable bonds is 12. The lowest BCUT2D eigenvalue weighted by atomic mass is 9.49. The molecule has 5 fully saturated rings. The molecule has 4 bridgehead atoms. The van der Waals surface area contributed by atoms with Gasteiger partial charge in [-0.15, -0.1) is 0 Å². The molecule has 0 spiro atoms. The van der Waals surface area contributed by atoms with Crippen molar-refractivity contribution in [3.63, 3.8) is 0 Å². The van der Waals surface area contributed by atoms with Gasteiger partial charge < -0.3 is 29.9 Å². The maximum atomic E-state index is 14.4. The molecule has 10 heteroatoms. The minimum Gasteiger partial charge on any atom is -0.493 e. The molecule has 6 aliphatic carbocycles. The van der Waals surface area contributed by atoms with E-state index in [1.54, 1.807) is 18.2 Å². The van der Waals surface area contributed by atoms with E-state index in [1.807, 2.05) is 4.90 Å². The predicted molar refractivity (Wildman–Crippen MR) is 177 cm³/mol. The lowest BCUT2D eigenvalue weighted by Crippen LogP contribution is -2.59. The molecule has 3 atom stereocenters. The fourth-order valence-electron chi connectivity index (χ4n) is 9.65. The molecule has 1 aromatic carbocycles. The highest BCUT2D eigenvalue weighted by atomic mass is 127. The van der Waals surface area contributed by atoms with Crippen molar-refractivity contribution in [3.05, 3.63) is 32.9 Å². The Kier molecular flexibility index (Phi) is 10.1. The Bertz CT molecular complexity index is 1270. The average Bonchev–Trinajstić information content (AvgIpc) is 3.52. The van der Waals surface area contributed by atoms with Gasteiger partial charge >= 0.3 is 0 Å². The van der Waals surface area contributed by atoms with Crippen LogP contribution in [0.15, 0.2) is 23.8 Å². The van der Waals surface area contributed by atoms with Crippen molar-refractivity contribution >= 4 is 40.7 Å². The van der Waals surface area contributed by atoms with Gasteiger partial charge in [0.25, 0.3) is 0 Å². The minimum atomic E-state index is -1.09. The summed E-state index contributed by atoms with van der Waals surface area (Å²) in [6, 6.07) is 2.62. The predicted octanol–water partition coefficient (Wildman–Crippen LogP) is 4.65. The van der Waals surface area contributed by atoms with Gasteiger partial charge in [0.2, 0.25) is 11.8 Å². The van der Waals surface area contributed by atoms with Gasteiger partial charge in [-0.2, -0.15) is 0 Å². The summed E-state index contributed by atoms with van der Waals surface area (Å²) in [7, 11) is 1.49. The van der Waals surface area contributed by atoms with Crippen molar-refractivity contribution in [1.29, 1.82) is 0 Å². The zero-order valence-corrected chi connectivity index (χ0v) is 28.4. The van der Waals surface area contributed by atoms with Gasteiger partial charge in [-0.25, -0.2) is 0 Å². The van der Waals surface area contributed by atoms with Crippen molar-refractivity contribution in [2.75, 3.05) is 26.8 Å². The number of aldehydes is 1. The van der Waals surface area contributed by atoms with E-state index >= 15 is 0 Å². The molecule has 0 aromatic heterocycles. The topological polar surface area (TPSA) is 125 Å². The number of amides is 2. The molecule has 3 N–H and O–H groups in total. The molecule has 0 aliphatic heterocycles. The number of methoxy groups -OCH3 is 1. The quantitative estimate of drug-likeness (QED) is 0.211. The normalized spacial score (nSPS) is 32.2. The molecule has 2 amide bonds. The number of carbonyl (C=O) groups is 3. The summed E-state index contributed by atoms with van der Waals surface area (Å²) in [5.41, 5.74) is 0.913. The standard InChI is InChI=1S/C35H47IN2O7/c1-44-30-12-25(19-40)11-27(36)33(30)45-29-15-26(34(43)37-6-7-39)14-28(32(29)42)38(31(41)13-21-4-2-3-5-21)20-35-16-22-8-23(17-35)10-24(9-22)18-35/h11-12,15,19,21-24,28-29,32,39,42H,2-10,13-14,16-18,20H2,1H3,(H,37,43)/t22?,23?,24?,28-,29+,32+,35?/m1/s1. The first kappa shape index (κ1) is 32.7. The number of hydrogen-bond acceptors (Lipinski definition) is 7. The molecule has 246 valence electrons. The Morgan fingerprint density at radius 3 is 2.38 bits per heavy atom. The van der Waals surface area contributed by atoms with Gasteiger partial charge in [0.15, 0.2) is 11.5 Å². The zero-order chi connectivity index (χ0) is 31.7. The number of ether oxygens (including phenoxy) is 2. The highest BCUT2D eigenvalue weighted by Gasteiger charge is 2.53. The van der Waals surface area contributed by atoms with E-state index in [1.165, 1.54) is 26.4 Å². The smallest absolute Gasteiger partial charge is 0.247 e. The Morgan fingerprint density at radius 2 is 1.78 bits per heavy atom. The highest BCUT2D eigenvalue weighted by Crippen LogP contribution is 2.60. The number of aliphatic hydroxyl groups is 2. The number of benzene rings is 1. The number of carbonyl (C=O) groups excluding carboxylic acids is 3. The molecular formula is C35H47IN2O7. The average molecular weight is 735 g/mol. The maximum absolute atomic E-state index is 14.4. The zero-order valence-electron chi connectivity index (χ0n) is 26.2. The molecule has 5 saturated carbocycles.